The van der Waals surface area contributed by atoms with Gasteiger partial charge in [0.15, 0.2) is 6.10 Å². The van der Waals surface area contributed by atoms with E-state index in [-0.39, 0.29) is 31.1 Å². The molecule has 0 aromatic heterocycles. The number of unbranched alkanes of at least 4 members (excludes halogenated alkanes) is 32. The van der Waals surface area contributed by atoms with E-state index < -0.39 is 6.10 Å². The number of carbonyl (C=O) groups is 3. The minimum atomic E-state index is -0.779. The standard InChI is InChI=1S/C56H102O6/c1-4-7-10-13-16-19-22-24-26-27-28-30-31-34-37-40-43-46-49-55(58)61-52-53(51-60-54(57)48-45-42-39-36-33-21-18-15-12-9-6-3)62-56(59)50-47-44-41-38-35-32-29-25-23-20-17-14-11-8-5-2/h15,17-18,20,25,29,53H,4-14,16,19,21-24,26-28,30-52H2,1-3H3/b18-15-,20-17-,29-25-. The molecule has 0 aliphatic carbocycles. The Hall–Kier alpha value is -2.37. The second-order valence-corrected chi connectivity index (χ2v) is 18.1. The Morgan fingerprint density at radius 3 is 0.984 bits per heavy atom. The number of esters is 3. The molecule has 0 aliphatic heterocycles. The first-order chi connectivity index (χ1) is 30.5. The largest absolute Gasteiger partial charge is 0.462 e. The Bertz CT molecular complexity index is 1050. The molecule has 0 saturated heterocycles. The lowest BCUT2D eigenvalue weighted by atomic mass is 10.0. The molecule has 0 aromatic rings. The van der Waals surface area contributed by atoms with Crippen molar-refractivity contribution in [2.75, 3.05) is 13.2 Å². The number of ether oxygens (including phenoxy) is 3. The zero-order valence-corrected chi connectivity index (χ0v) is 41.4. The first-order valence-electron chi connectivity index (χ1n) is 27.0. The summed E-state index contributed by atoms with van der Waals surface area (Å²) in [6, 6.07) is 0. The summed E-state index contributed by atoms with van der Waals surface area (Å²) in [6.45, 7) is 6.58. The highest BCUT2D eigenvalue weighted by Crippen LogP contribution is 2.16. The van der Waals surface area contributed by atoms with Gasteiger partial charge in [0.25, 0.3) is 0 Å². The van der Waals surface area contributed by atoms with E-state index in [0.717, 1.165) is 89.9 Å². The van der Waals surface area contributed by atoms with Gasteiger partial charge < -0.3 is 14.2 Å². The van der Waals surface area contributed by atoms with E-state index in [4.69, 9.17) is 14.2 Å². The van der Waals surface area contributed by atoms with Gasteiger partial charge in [-0.1, -0.05) is 231 Å². The predicted octanol–water partition coefficient (Wildman–Crippen LogP) is 17.7. The summed E-state index contributed by atoms with van der Waals surface area (Å²) in [5.74, 6) is -0.890. The van der Waals surface area contributed by atoms with Crippen LogP contribution in [0.5, 0.6) is 0 Å². The minimum Gasteiger partial charge on any atom is -0.462 e. The second-order valence-electron chi connectivity index (χ2n) is 18.1. The molecule has 62 heavy (non-hydrogen) atoms. The van der Waals surface area contributed by atoms with Crippen LogP contribution in [0.2, 0.25) is 0 Å². The highest BCUT2D eigenvalue weighted by molar-refractivity contribution is 5.71. The van der Waals surface area contributed by atoms with Crippen molar-refractivity contribution < 1.29 is 28.6 Å². The van der Waals surface area contributed by atoms with Gasteiger partial charge in [0.2, 0.25) is 0 Å². The highest BCUT2D eigenvalue weighted by atomic mass is 16.6. The first-order valence-corrected chi connectivity index (χ1v) is 27.0. The SMILES string of the molecule is CCCC/C=C\CCCCCCCC(=O)OCC(COC(=O)CCCCCCCCCCCCCCCCCCCC)OC(=O)CCCCCCC/C=C\C/C=C\CCCCC. The minimum absolute atomic E-state index is 0.0774. The molecule has 0 fully saturated rings. The van der Waals surface area contributed by atoms with E-state index >= 15 is 0 Å². The maximum Gasteiger partial charge on any atom is 0.306 e. The summed E-state index contributed by atoms with van der Waals surface area (Å²) in [6.07, 6.45) is 59.9. The zero-order valence-electron chi connectivity index (χ0n) is 41.4. The smallest absolute Gasteiger partial charge is 0.306 e. The molecule has 0 spiro atoms. The van der Waals surface area contributed by atoms with Gasteiger partial charge in [0.05, 0.1) is 0 Å². The van der Waals surface area contributed by atoms with Gasteiger partial charge in [-0.3, -0.25) is 14.4 Å². The van der Waals surface area contributed by atoms with Gasteiger partial charge in [-0.15, -0.1) is 0 Å². The molecule has 1 unspecified atom stereocenters. The van der Waals surface area contributed by atoms with Gasteiger partial charge >= 0.3 is 17.9 Å². The van der Waals surface area contributed by atoms with E-state index in [9.17, 15) is 14.4 Å². The van der Waals surface area contributed by atoms with Crippen LogP contribution in [0.1, 0.15) is 284 Å². The maximum atomic E-state index is 12.8. The van der Waals surface area contributed by atoms with Crippen molar-refractivity contribution in [1.82, 2.24) is 0 Å². The molecule has 362 valence electrons. The zero-order chi connectivity index (χ0) is 45.1. The number of carbonyl (C=O) groups excluding carboxylic acids is 3. The van der Waals surface area contributed by atoms with Gasteiger partial charge in [0.1, 0.15) is 13.2 Å². The number of allylic oxidation sites excluding steroid dienone is 6. The van der Waals surface area contributed by atoms with Crippen molar-refractivity contribution in [2.24, 2.45) is 0 Å². The average molecular weight is 871 g/mol. The van der Waals surface area contributed by atoms with Crippen LogP contribution < -0.4 is 0 Å². The lowest BCUT2D eigenvalue weighted by Crippen LogP contribution is -2.30. The molecule has 0 bridgehead atoms. The fourth-order valence-electron chi connectivity index (χ4n) is 7.75. The second kappa shape index (κ2) is 51.3. The molecule has 0 N–H and O–H groups in total. The molecule has 6 nitrogen and oxygen atoms in total. The van der Waals surface area contributed by atoms with Gasteiger partial charge in [-0.2, -0.15) is 0 Å². The van der Waals surface area contributed by atoms with Gasteiger partial charge in [-0.05, 0) is 70.6 Å². The third-order valence-electron chi connectivity index (χ3n) is 11.9. The van der Waals surface area contributed by atoms with Crippen molar-refractivity contribution in [3.8, 4) is 0 Å². The summed E-state index contributed by atoms with van der Waals surface area (Å²) in [7, 11) is 0. The third-order valence-corrected chi connectivity index (χ3v) is 11.9. The van der Waals surface area contributed by atoms with Crippen LogP contribution in [0.25, 0.3) is 0 Å². The molecule has 0 heterocycles. The first kappa shape index (κ1) is 59.6. The Morgan fingerprint density at radius 2 is 0.597 bits per heavy atom. The lowest BCUT2D eigenvalue weighted by Gasteiger charge is -2.18. The van der Waals surface area contributed by atoms with E-state index in [2.05, 4.69) is 57.2 Å². The van der Waals surface area contributed by atoms with Crippen molar-refractivity contribution in [3.05, 3.63) is 36.5 Å². The Kier molecular flexibility index (Phi) is 49.3. The van der Waals surface area contributed by atoms with E-state index in [1.807, 2.05) is 0 Å². The number of hydrogen-bond donors (Lipinski definition) is 0. The topological polar surface area (TPSA) is 78.9 Å². The third kappa shape index (κ3) is 48.7. The van der Waals surface area contributed by atoms with Gasteiger partial charge in [-0.25, -0.2) is 0 Å². The predicted molar refractivity (Wildman–Crippen MR) is 266 cm³/mol. The Labute approximate surface area is 385 Å². The fraction of sp³-hybridized carbons (Fsp3) is 0.839. The monoisotopic (exact) mass is 871 g/mol. The molecule has 0 rings (SSSR count). The van der Waals surface area contributed by atoms with E-state index in [1.165, 1.54) is 154 Å². The highest BCUT2D eigenvalue weighted by Gasteiger charge is 2.19. The van der Waals surface area contributed by atoms with Crippen molar-refractivity contribution >= 4 is 17.9 Å². The Morgan fingerprint density at radius 1 is 0.323 bits per heavy atom. The normalized spacial score (nSPS) is 12.2. The van der Waals surface area contributed by atoms with Crippen LogP contribution in [-0.4, -0.2) is 37.2 Å². The van der Waals surface area contributed by atoms with Crippen LogP contribution in [0.4, 0.5) is 0 Å². The van der Waals surface area contributed by atoms with Gasteiger partial charge in [0, 0.05) is 19.3 Å². The molecular weight excluding hydrogens is 769 g/mol. The Balaban J connectivity index is 4.33. The molecular formula is C56H102O6. The molecule has 0 amide bonds. The number of hydrogen-bond acceptors (Lipinski definition) is 6. The molecule has 0 saturated carbocycles. The number of rotatable bonds is 49. The summed E-state index contributed by atoms with van der Waals surface area (Å²) in [5.41, 5.74) is 0. The fourth-order valence-corrected chi connectivity index (χ4v) is 7.75. The quantitative estimate of drug-likeness (QED) is 0.0262. The van der Waals surface area contributed by atoms with Crippen molar-refractivity contribution in [2.45, 2.75) is 290 Å². The van der Waals surface area contributed by atoms with E-state index in [0.29, 0.717) is 19.3 Å². The summed E-state index contributed by atoms with van der Waals surface area (Å²) in [4.78, 5) is 38.0. The molecule has 1 atom stereocenters. The van der Waals surface area contributed by atoms with Crippen LogP contribution in [0, 0.1) is 0 Å². The summed E-state index contributed by atoms with van der Waals surface area (Å²) < 4.78 is 16.8. The van der Waals surface area contributed by atoms with E-state index in [1.54, 1.807) is 0 Å². The van der Waals surface area contributed by atoms with Crippen LogP contribution in [0.3, 0.4) is 0 Å². The van der Waals surface area contributed by atoms with Crippen LogP contribution in [0.15, 0.2) is 36.5 Å². The van der Waals surface area contributed by atoms with Crippen LogP contribution in [-0.2, 0) is 28.6 Å². The van der Waals surface area contributed by atoms with Crippen LogP contribution >= 0.6 is 0 Å². The average Bonchev–Trinajstić information content (AvgIpc) is 3.27. The molecule has 0 radical (unpaired) electrons. The molecule has 6 heteroatoms. The summed E-state index contributed by atoms with van der Waals surface area (Å²) >= 11 is 0. The molecule has 0 aromatic carbocycles. The molecule has 0 aliphatic rings. The summed E-state index contributed by atoms with van der Waals surface area (Å²) in [5, 5.41) is 0. The lowest BCUT2D eigenvalue weighted by molar-refractivity contribution is -0.167. The van der Waals surface area contributed by atoms with Crippen molar-refractivity contribution in [1.29, 1.82) is 0 Å². The maximum absolute atomic E-state index is 12.8. The van der Waals surface area contributed by atoms with Crippen molar-refractivity contribution in [3.63, 3.8) is 0 Å².